The highest BCUT2D eigenvalue weighted by molar-refractivity contribution is 7.39. The van der Waals surface area contributed by atoms with Gasteiger partial charge in [-0.1, -0.05) is 66.7 Å². The molecule has 4 rings (SSSR count). The topological polar surface area (TPSA) is 0 Å². The molecule has 111 valence electrons. The Kier molecular flexibility index (Phi) is 3.86. The minimum absolute atomic E-state index is 1.04. The van der Waals surface area contributed by atoms with Gasteiger partial charge in [0.2, 0.25) is 0 Å². The summed E-state index contributed by atoms with van der Waals surface area (Å²) in [6.45, 7) is 0. The van der Waals surface area contributed by atoms with Gasteiger partial charge < -0.3 is 0 Å². The van der Waals surface area contributed by atoms with E-state index in [1.165, 1.54) is 27.1 Å². The molecule has 0 aliphatic heterocycles. The van der Waals surface area contributed by atoms with E-state index in [1.807, 2.05) is 18.2 Å². The molecular formula is C20H13Cl2Si. The predicted octanol–water partition coefficient (Wildman–Crippen LogP) is 5.83. The monoisotopic (exact) mass is 351 g/mol. The number of fused-ring (bicyclic) bond motifs is 2. The zero-order valence-electron chi connectivity index (χ0n) is 12.3. The van der Waals surface area contributed by atoms with Crippen LogP contribution < -0.4 is 5.19 Å². The van der Waals surface area contributed by atoms with Gasteiger partial charge in [-0.05, 0) is 50.0 Å². The summed E-state index contributed by atoms with van der Waals surface area (Å²) in [5, 5.41) is 6.00. The van der Waals surface area contributed by atoms with Crippen molar-refractivity contribution in [3.05, 3.63) is 78.9 Å². The molecule has 0 fully saturated rings. The molecule has 0 spiro atoms. The Morgan fingerprint density at radius 1 is 0.565 bits per heavy atom. The molecule has 0 atom stereocenters. The third-order valence-corrected chi connectivity index (χ3v) is 6.23. The standard InChI is InChI=1S/C20H13Cl2Si/c21-23(22)20-11-4-3-9-18(20)17-10-5-8-16-12-14-6-1-2-7-15(14)13-19(16)17/h1-13H. The molecule has 0 unspecified atom stereocenters. The molecule has 0 aromatic heterocycles. The SMILES string of the molecule is Cl[Si](Cl)c1ccccc1-c1cccc2cc3ccccc3cc12. The van der Waals surface area contributed by atoms with Gasteiger partial charge in [-0.15, -0.1) is 22.2 Å². The van der Waals surface area contributed by atoms with E-state index >= 15 is 0 Å². The maximum Gasteiger partial charge on any atom is 0.307 e. The molecule has 0 nitrogen and oxygen atoms in total. The fourth-order valence-corrected chi connectivity index (χ4v) is 4.72. The molecule has 0 saturated carbocycles. The van der Waals surface area contributed by atoms with Crippen molar-refractivity contribution in [3.63, 3.8) is 0 Å². The van der Waals surface area contributed by atoms with Gasteiger partial charge in [0.25, 0.3) is 0 Å². The van der Waals surface area contributed by atoms with Crippen molar-refractivity contribution in [2.24, 2.45) is 0 Å². The molecule has 1 radical (unpaired) electrons. The molecule has 0 amide bonds. The van der Waals surface area contributed by atoms with Crippen LogP contribution in [0.25, 0.3) is 32.7 Å². The van der Waals surface area contributed by atoms with Crippen molar-refractivity contribution in [1.82, 2.24) is 0 Å². The van der Waals surface area contributed by atoms with Crippen LogP contribution in [0.2, 0.25) is 0 Å². The Morgan fingerprint density at radius 2 is 1.17 bits per heavy atom. The first-order chi connectivity index (χ1) is 11.2. The lowest BCUT2D eigenvalue weighted by Crippen LogP contribution is -2.20. The zero-order chi connectivity index (χ0) is 15.8. The maximum atomic E-state index is 6.27. The van der Waals surface area contributed by atoms with Crippen LogP contribution in [0.1, 0.15) is 0 Å². The van der Waals surface area contributed by atoms with E-state index in [-0.39, 0.29) is 0 Å². The van der Waals surface area contributed by atoms with Crippen LogP contribution in [-0.2, 0) is 0 Å². The van der Waals surface area contributed by atoms with E-state index in [4.69, 9.17) is 22.2 Å². The van der Waals surface area contributed by atoms with Crippen molar-refractivity contribution in [3.8, 4) is 11.1 Å². The van der Waals surface area contributed by atoms with Gasteiger partial charge in [0.15, 0.2) is 0 Å². The lowest BCUT2D eigenvalue weighted by Gasteiger charge is -2.13. The van der Waals surface area contributed by atoms with E-state index < -0.39 is 7.42 Å². The van der Waals surface area contributed by atoms with Crippen molar-refractivity contribution in [2.45, 2.75) is 0 Å². The molecule has 0 saturated heterocycles. The normalized spacial score (nSPS) is 11.4. The maximum absolute atomic E-state index is 6.27. The first-order valence-electron chi connectivity index (χ1n) is 7.43. The molecular weight excluding hydrogens is 339 g/mol. The zero-order valence-corrected chi connectivity index (χ0v) is 14.8. The molecule has 4 aromatic rings. The highest BCUT2D eigenvalue weighted by atomic mass is 35.7. The second-order valence-corrected chi connectivity index (χ2v) is 9.44. The van der Waals surface area contributed by atoms with Crippen LogP contribution >= 0.6 is 22.2 Å². The third kappa shape index (κ3) is 2.65. The minimum Gasteiger partial charge on any atom is -0.140 e. The van der Waals surface area contributed by atoms with Gasteiger partial charge in [-0.3, -0.25) is 0 Å². The first-order valence-corrected chi connectivity index (χ1v) is 11.0. The summed E-state index contributed by atoms with van der Waals surface area (Å²) >= 11 is 12.5. The summed E-state index contributed by atoms with van der Waals surface area (Å²) < 4.78 is 0. The number of rotatable bonds is 2. The van der Waals surface area contributed by atoms with Crippen LogP contribution in [0.3, 0.4) is 0 Å². The quantitative estimate of drug-likeness (QED) is 0.242. The summed E-state index contributed by atoms with van der Waals surface area (Å²) in [4.78, 5) is 0. The van der Waals surface area contributed by atoms with Crippen LogP contribution in [0, 0.1) is 0 Å². The fraction of sp³-hybridized carbons (Fsp3) is 0. The lowest BCUT2D eigenvalue weighted by atomic mass is 9.95. The van der Waals surface area contributed by atoms with Crippen molar-refractivity contribution in [1.29, 1.82) is 0 Å². The summed E-state index contributed by atoms with van der Waals surface area (Å²) in [5.74, 6) is 0. The minimum atomic E-state index is -1.55. The van der Waals surface area contributed by atoms with E-state index in [0.29, 0.717) is 0 Å². The van der Waals surface area contributed by atoms with Crippen LogP contribution in [0.4, 0.5) is 0 Å². The number of halogens is 2. The molecule has 23 heavy (non-hydrogen) atoms. The first kappa shape index (κ1) is 14.8. The van der Waals surface area contributed by atoms with E-state index in [0.717, 1.165) is 10.8 Å². The van der Waals surface area contributed by atoms with Gasteiger partial charge in [-0.25, -0.2) is 0 Å². The molecule has 0 N–H and O–H groups in total. The molecule has 0 aliphatic carbocycles. The molecule has 0 bridgehead atoms. The molecule has 3 heteroatoms. The summed E-state index contributed by atoms with van der Waals surface area (Å²) in [5.41, 5.74) is 2.32. The van der Waals surface area contributed by atoms with E-state index in [1.54, 1.807) is 0 Å². The van der Waals surface area contributed by atoms with Gasteiger partial charge in [-0.2, -0.15) is 0 Å². The highest BCUT2D eigenvalue weighted by Crippen LogP contribution is 2.31. The second-order valence-electron chi connectivity index (χ2n) is 5.53. The van der Waals surface area contributed by atoms with Gasteiger partial charge >= 0.3 is 7.42 Å². The average molecular weight is 352 g/mol. The summed E-state index contributed by atoms with van der Waals surface area (Å²) in [6, 6.07) is 27.5. The highest BCUT2D eigenvalue weighted by Gasteiger charge is 2.15. The Hall–Kier alpha value is -1.80. The van der Waals surface area contributed by atoms with Gasteiger partial charge in [0.1, 0.15) is 0 Å². The van der Waals surface area contributed by atoms with E-state index in [2.05, 4.69) is 60.7 Å². The second kappa shape index (κ2) is 6.01. The van der Waals surface area contributed by atoms with Gasteiger partial charge in [0.05, 0.1) is 0 Å². The lowest BCUT2D eigenvalue weighted by molar-refractivity contribution is 1.69. The summed E-state index contributed by atoms with van der Waals surface area (Å²) in [7, 11) is -1.55. The average Bonchev–Trinajstić information content (AvgIpc) is 2.59. The summed E-state index contributed by atoms with van der Waals surface area (Å²) in [6.07, 6.45) is 0. The van der Waals surface area contributed by atoms with Crippen LogP contribution in [-0.4, -0.2) is 7.42 Å². The van der Waals surface area contributed by atoms with Crippen LogP contribution in [0.15, 0.2) is 78.9 Å². The number of hydrogen-bond acceptors (Lipinski definition) is 0. The molecule has 0 heterocycles. The smallest absolute Gasteiger partial charge is 0.140 e. The largest absolute Gasteiger partial charge is 0.307 e. The van der Waals surface area contributed by atoms with Crippen molar-refractivity contribution >= 4 is 56.3 Å². The Bertz CT molecular complexity index is 1010. The molecule has 0 aliphatic rings. The third-order valence-electron chi connectivity index (χ3n) is 4.17. The Morgan fingerprint density at radius 3 is 1.96 bits per heavy atom. The predicted molar refractivity (Wildman–Crippen MR) is 104 cm³/mol. The van der Waals surface area contributed by atoms with E-state index in [9.17, 15) is 0 Å². The van der Waals surface area contributed by atoms with Crippen LogP contribution in [0.5, 0.6) is 0 Å². The number of hydrogen-bond donors (Lipinski definition) is 0. The number of benzene rings is 4. The fourth-order valence-electron chi connectivity index (χ4n) is 3.08. The Balaban J connectivity index is 2.06. The Labute approximate surface area is 146 Å². The van der Waals surface area contributed by atoms with Crippen molar-refractivity contribution in [2.75, 3.05) is 0 Å². The molecule has 4 aromatic carbocycles. The van der Waals surface area contributed by atoms with Crippen molar-refractivity contribution < 1.29 is 0 Å². The van der Waals surface area contributed by atoms with Gasteiger partial charge in [0, 0.05) is 0 Å².